The van der Waals surface area contributed by atoms with E-state index in [0.29, 0.717) is 18.9 Å². The van der Waals surface area contributed by atoms with E-state index in [-0.39, 0.29) is 12.1 Å². The fourth-order valence-electron chi connectivity index (χ4n) is 1.30. The zero-order valence-electron chi connectivity index (χ0n) is 9.48. The van der Waals surface area contributed by atoms with E-state index in [1.54, 1.807) is 0 Å². The van der Waals surface area contributed by atoms with Crippen molar-refractivity contribution < 1.29 is 9.53 Å². The monoisotopic (exact) mass is 215 g/mol. The lowest BCUT2D eigenvalue weighted by atomic mass is 10.0. The number of ether oxygens (including phenoxy) is 1. The molecule has 0 aromatic rings. The molecule has 0 saturated heterocycles. The summed E-state index contributed by atoms with van der Waals surface area (Å²) in [4.78, 5) is 14.1. The van der Waals surface area contributed by atoms with Gasteiger partial charge in [-0.1, -0.05) is 13.8 Å². The highest BCUT2D eigenvalue weighted by atomic mass is 16.5. The molecule has 4 N–H and O–H groups in total. The van der Waals surface area contributed by atoms with Gasteiger partial charge in [-0.3, -0.25) is 9.79 Å². The number of hydrogen-bond donors (Lipinski definition) is 2. The van der Waals surface area contributed by atoms with Gasteiger partial charge in [-0.05, 0) is 25.2 Å². The molecule has 88 valence electrons. The highest BCUT2D eigenvalue weighted by Gasteiger charge is 2.13. The van der Waals surface area contributed by atoms with Crippen LogP contribution in [0.4, 0.5) is 0 Å². The van der Waals surface area contributed by atoms with Crippen LogP contribution in [0.2, 0.25) is 0 Å². The van der Waals surface area contributed by atoms with E-state index in [1.807, 2.05) is 13.8 Å². The Hall–Kier alpha value is -1.26. The number of carbonyl (C=O) groups excluding carboxylic acids is 1. The molecule has 0 aliphatic heterocycles. The number of hydrogen-bond acceptors (Lipinski definition) is 3. The van der Waals surface area contributed by atoms with Gasteiger partial charge in [0.1, 0.15) is 6.10 Å². The fourth-order valence-corrected chi connectivity index (χ4v) is 1.30. The maximum atomic E-state index is 10.2. The van der Waals surface area contributed by atoms with Gasteiger partial charge in [0.05, 0.1) is 0 Å². The summed E-state index contributed by atoms with van der Waals surface area (Å²) < 4.78 is 4.97. The number of carbonyl (C=O) groups is 1. The highest BCUT2D eigenvalue weighted by molar-refractivity contribution is 5.75. The molecule has 0 aliphatic rings. The third-order valence-corrected chi connectivity index (χ3v) is 2.17. The molecule has 1 unspecified atom stereocenters. The molecule has 0 rings (SSSR count). The molecule has 0 heterocycles. The summed E-state index contributed by atoms with van der Waals surface area (Å²) in [6.07, 6.45) is 2.72. The van der Waals surface area contributed by atoms with Gasteiger partial charge in [-0.2, -0.15) is 0 Å². The first-order valence-electron chi connectivity index (χ1n) is 5.22. The predicted molar refractivity (Wildman–Crippen MR) is 60.3 cm³/mol. The van der Waals surface area contributed by atoms with Gasteiger partial charge in [0.25, 0.3) is 6.47 Å². The molecule has 0 spiro atoms. The van der Waals surface area contributed by atoms with Crippen molar-refractivity contribution in [3.63, 3.8) is 0 Å². The van der Waals surface area contributed by atoms with Crippen LogP contribution < -0.4 is 11.5 Å². The summed E-state index contributed by atoms with van der Waals surface area (Å²) in [6.45, 7) is 5.21. The van der Waals surface area contributed by atoms with Crippen molar-refractivity contribution >= 4 is 12.4 Å². The van der Waals surface area contributed by atoms with Crippen LogP contribution in [0.1, 0.15) is 33.1 Å². The topological polar surface area (TPSA) is 90.7 Å². The van der Waals surface area contributed by atoms with Gasteiger partial charge in [-0.15, -0.1) is 0 Å². The first-order chi connectivity index (χ1) is 7.07. The van der Waals surface area contributed by atoms with E-state index in [2.05, 4.69) is 4.99 Å². The average Bonchev–Trinajstić information content (AvgIpc) is 2.15. The van der Waals surface area contributed by atoms with Crippen LogP contribution in [0.15, 0.2) is 4.99 Å². The van der Waals surface area contributed by atoms with Crippen LogP contribution in [0.5, 0.6) is 0 Å². The minimum absolute atomic E-state index is 0.00158. The maximum absolute atomic E-state index is 10.2. The van der Waals surface area contributed by atoms with Gasteiger partial charge in [-0.25, -0.2) is 0 Å². The van der Waals surface area contributed by atoms with E-state index in [4.69, 9.17) is 16.2 Å². The Morgan fingerprint density at radius 2 is 2.07 bits per heavy atom. The molecule has 0 saturated carbocycles. The Balaban J connectivity index is 3.62. The third-order valence-electron chi connectivity index (χ3n) is 2.17. The van der Waals surface area contributed by atoms with Gasteiger partial charge < -0.3 is 16.2 Å². The van der Waals surface area contributed by atoms with Crippen LogP contribution in [0.25, 0.3) is 0 Å². The fraction of sp³-hybridized carbons (Fsp3) is 0.800. The summed E-state index contributed by atoms with van der Waals surface area (Å²) in [5.74, 6) is 0.470. The van der Waals surface area contributed by atoms with E-state index >= 15 is 0 Å². The smallest absolute Gasteiger partial charge is 0.293 e. The Bertz CT molecular complexity index is 201. The summed E-state index contributed by atoms with van der Waals surface area (Å²) in [7, 11) is 0. The quantitative estimate of drug-likeness (QED) is 0.269. The summed E-state index contributed by atoms with van der Waals surface area (Å²) in [5.41, 5.74) is 10.4. The van der Waals surface area contributed by atoms with Crippen molar-refractivity contribution in [3.05, 3.63) is 0 Å². The lowest BCUT2D eigenvalue weighted by Gasteiger charge is -2.18. The standard InChI is InChI=1S/C10H21N3O2/c1-8(2)9(15-7-14)5-3-4-6-13-10(11)12/h7-9H,3-6H2,1-2H3,(H4,11,12,13). The number of nitrogens with zero attached hydrogens (tertiary/aromatic N) is 1. The Kier molecular flexibility index (Phi) is 7.40. The molecule has 0 aromatic heterocycles. The number of unbranched alkanes of at least 4 members (excludes halogenated alkanes) is 1. The van der Waals surface area contributed by atoms with Crippen LogP contribution in [0.3, 0.4) is 0 Å². The van der Waals surface area contributed by atoms with Crippen molar-refractivity contribution in [2.75, 3.05) is 6.54 Å². The van der Waals surface area contributed by atoms with E-state index in [1.165, 1.54) is 0 Å². The molecule has 1 atom stereocenters. The van der Waals surface area contributed by atoms with Gasteiger partial charge in [0.2, 0.25) is 0 Å². The number of nitrogens with two attached hydrogens (primary N) is 2. The molecule has 0 fully saturated rings. The second-order valence-corrected chi connectivity index (χ2v) is 3.82. The lowest BCUT2D eigenvalue weighted by molar-refractivity contribution is -0.136. The summed E-state index contributed by atoms with van der Waals surface area (Å²) in [6, 6.07) is 0. The molecule has 5 nitrogen and oxygen atoms in total. The minimum Gasteiger partial charge on any atom is -0.464 e. The average molecular weight is 215 g/mol. The Labute approximate surface area is 90.9 Å². The van der Waals surface area contributed by atoms with Crippen LogP contribution in [-0.4, -0.2) is 25.1 Å². The van der Waals surface area contributed by atoms with Crippen molar-refractivity contribution in [1.82, 2.24) is 0 Å². The van der Waals surface area contributed by atoms with E-state index in [0.717, 1.165) is 19.3 Å². The molecule has 0 bridgehead atoms. The molecular formula is C10H21N3O2. The Morgan fingerprint density at radius 1 is 1.40 bits per heavy atom. The van der Waals surface area contributed by atoms with Gasteiger partial charge in [0, 0.05) is 6.54 Å². The number of rotatable bonds is 8. The van der Waals surface area contributed by atoms with Crippen molar-refractivity contribution in [2.24, 2.45) is 22.4 Å². The highest BCUT2D eigenvalue weighted by Crippen LogP contribution is 2.13. The van der Waals surface area contributed by atoms with E-state index in [9.17, 15) is 4.79 Å². The van der Waals surface area contributed by atoms with Crippen LogP contribution in [0, 0.1) is 5.92 Å². The molecule has 0 amide bonds. The second kappa shape index (κ2) is 8.08. The zero-order chi connectivity index (χ0) is 11.7. The predicted octanol–water partition coefficient (Wildman–Crippen LogP) is 0.628. The summed E-state index contributed by atoms with van der Waals surface area (Å²) in [5, 5.41) is 0. The molecule has 0 aromatic carbocycles. The maximum Gasteiger partial charge on any atom is 0.293 e. The normalized spacial score (nSPS) is 12.2. The first-order valence-corrected chi connectivity index (χ1v) is 5.22. The van der Waals surface area contributed by atoms with E-state index < -0.39 is 0 Å². The Morgan fingerprint density at radius 3 is 2.53 bits per heavy atom. The largest absolute Gasteiger partial charge is 0.464 e. The lowest BCUT2D eigenvalue weighted by Crippen LogP contribution is -2.23. The SMILES string of the molecule is CC(C)C(CCCCN=C(N)N)OC=O. The summed E-state index contributed by atoms with van der Waals surface area (Å²) >= 11 is 0. The molecule has 0 aliphatic carbocycles. The second-order valence-electron chi connectivity index (χ2n) is 3.82. The van der Waals surface area contributed by atoms with Gasteiger partial charge >= 0.3 is 0 Å². The molecule has 5 heteroatoms. The molecule has 15 heavy (non-hydrogen) atoms. The molecular weight excluding hydrogens is 194 g/mol. The van der Waals surface area contributed by atoms with Crippen LogP contribution >= 0.6 is 0 Å². The first kappa shape index (κ1) is 13.7. The molecule has 0 radical (unpaired) electrons. The zero-order valence-corrected chi connectivity index (χ0v) is 9.48. The van der Waals surface area contributed by atoms with Crippen molar-refractivity contribution in [1.29, 1.82) is 0 Å². The van der Waals surface area contributed by atoms with Crippen LogP contribution in [-0.2, 0) is 9.53 Å². The van der Waals surface area contributed by atoms with Crippen molar-refractivity contribution in [2.45, 2.75) is 39.2 Å². The minimum atomic E-state index is 0.00158. The number of guanidine groups is 1. The van der Waals surface area contributed by atoms with Gasteiger partial charge in [0.15, 0.2) is 5.96 Å². The number of aliphatic imine (C=N–C) groups is 1. The van der Waals surface area contributed by atoms with Crippen molar-refractivity contribution in [3.8, 4) is 0 Å². The third kappa shape index (κ3) is 7.78.